The summed E-state index contributed by atoms with van der Waals surface area (Å²) in [6.45, 7) is 3.01. The first kappa shape index (κ1) is 25.2. The molecule has 0 atom stereocenters. The first-order valence-electron chi connectivity index (χ1n) is 11.9. The van der Waals surface area contributed by atoms with Gasteiger partial charge < -0.3 is 9.64 Å². The molecular weight excluding hydrogens is 508 g/mol. The lowest BCUT2D eigenvalue weighted by Gasteiger charge is -2.29. The predicted molar refractivity (Wildman–Crippen MR) is 145 cm³/mol. The third-order valence-electron chi connectivity index (χ3n) is 6.22. The molecule has 0 unspecified atom stereocenters. The normalized spacial score (nSPS) is 13.7. The highest BCUT2D eigenvalue weighted by molar-refractivity contribution is 7.89. The summed E-state index contributed by atoms with van der Waals surface area (Å²) in [6.07, 6.45) is 0.438. The molecule has 1 aromatic heterocycles. The Morgan fingerprint density at radius 1 is 1.00 bits per heavy atom. The van der Waals surface area contributed by atoms with Crippen molar-refractivity contribution in [2.45, 2.75) is 31.3 Å². The molecule has 0 N–H and O–H groups in total. The third kappa shape index (κ3) is 5.61. The van der Waals surface area contributed by atoms with E-state index < -0.39 is 10.0 Å². The molecule has 9 heteroatoms. The van der Waals surface area contributed by atoms with Crippen LogP contribution in [0, 0.1) is 6.92 Å². The highest BCUT2D eigenvalue weighted by Crippen LogP contribution is 2.34. The zero-order valence-electron chi connectivity index (χ0n) is 20.6. The van der Waals surface area contributed by atoms with Crippen LogP contribution in [0.1, 0.15) is 22.4 Å². The van der Waals surface area contributed by atoms with Crippen molar-refractivity contribution < 1.29 is 13.2 Å². The monoisotopic (exact) mass is 534 g/mol. The predicted octanol–water partition coefficient (Wildman–Crippen LogP) is 5.61. The summed E-state index contributed by atoms with van der Waals surface area (Å²) >= 11 is 6.08. The molecule has 0 amide bonds. The van der Waals surface area contributed by atoms with Crippen molar-refractivity contribution in [2.75, 3.05) is 18.5 Å². The Kier molecular flexibility index (Phi) is 7.15. The van der Waals surface area contributed by atoms with Gasteiger partial charge in [-0.1, -0.05) is 60.1 Å². The van der Waals surface area contributed by atoms with Crippen LogP contribution in [0.15, 0.2) is 83.8 Å². The molecule has 190 valence electrons. The second-order valence-electron chi connectivity index (χ2n) is 9.06. The fraction of sp³-hybridized carbons (Fsp3) is 0.214. The Labute approximate surface area is 222 Å². The van der Waals surface area contributed by atoms with E-state index in [1.54, 1.807) is 18.2 Å². The first-order chi connectivity index (χ1) is 17.8. The van der Waals surface area contributed by atoms with E-state index in [0.29, 0.717) is 47.7 Å². The molecule has 0 spiro atoms. The fourth-order valence-corrected chi connectivity index (χ4v) is 6.01. The number of sulfonamides is 1. The molecule has 5 rings (SSSR count). The Hall–Kier alpha value is -3.46. The minimum atomic E-state index is -3.76. The number of aromatic nitrogens is 2. The number of fused-ring (bicyclic) bond motifs is 1. The number of hydrogen-bond acceptors (Lipinski definition) is 6. The van der Waals surface area contributed by atoms with E-state index in [4.69, 9.17) is 26.3 Å². The molecule has 0 fully saturated rings. The lowest BCUT2D eigenvalue weighted by atomic mass is 10.1. The lowest BCUT2D eigenvalue weighted by molar-refractivity contribution is 0.369. The second kappa shape index (κ2) is 10.5. The van der Waals surface area contributed by atoms with E-state index in [2.05, 4.69) is 12.1 Å². The highest BCUT2D eigenvalue weighted by Gasteiger charge is 2.32. The van der Waals surface area contributed by atoms with Crippen LogP contribution in [0.5, 0.6) is 11.6 Å². The van der Waals surface area contributed by atoms with Crippen LogP contribution >= 0.6 is 11.6 Å². The Morgan fingerprint density at radius 2 is 1.78 bits per heavy atom. The second-order valence-corrected chi connectivity index (χ2v) is 11.4. The van der Waals surface area contributed by atoms with Crippen LogP contribution in [0.25, 0.3) is 0 Å². The number of benzene rings is 3. The largest absolute Gasteiger partial charge is 0.438 e. The van der Waals surface area contributed by atoms with Gasteiger partial charge in [-0.3, -0.25) is 0 Å². The Morgan fingerprint density at radius 3 is 2.54 bits per heavy atom. The summed E-state index contributed by atoms with van der Waals surface area (Å²) in [4.78, 5) is 11.7. The number of aryl methyl sites for hydroxylation is 1. The van der Waals surface area contributed by atoms with Crippen molar-refractivity contribution in [1.29, 1.82) is 0 Å². The average Bonchev–Trinajstić information content (AvgIpc) is 2.89. The summed E-state index contributed by atoms with van der Waals surface area (Å²) in [7, 11) is -1.83. The molecule has 7 nitrogen and oxygen atoms in total. The summed E-state index contributed by atoms with van der Waals surface area (Å²) < 4.78 is 34.5. The van der Waals surface area contributed by atoms with Gasteiger partial charge in [0, 0.05) is 38.1 Å². The van der Waals surface area contributed by atoms with Gasteiger partial charge in [0.15, 0.2) is 0 Å². The number of anilines is 1. The van der Waals surface area contributed by atoms with Gasteiger partial charge in [0.1, 0.15) is 5.75 Å². The van der Waals surface area contributed by atoms with Crippen molar-refractivity contribution in [3.05, 3.63) is 106 Å². The van der Waals surface area contributed by atoms with Gasteiger partial charge >= 0.3 is 0 Å². The zero-order chi connectivity index (χ0) is 26.0. The van der Waals surface area contributed by atoms with E-state index in [-0.39, 0.29) is 11.4 Å². The molecule has 3 aromatic carbocycles. The van der Waals surface area contributed by atoms with Crippen molar-refractivity contribution in [3.8, 4) is 11.6 Å². The summed E-state index contributed by atoms with van der Waals surface area (Å²) in [5, 5.41) is 0.372. The molecule has 0 radical (unpaired) electrons. The number of hydrogen-bond donors (Lipinski definition) is 0. The van der Waals surface area contributed by atoms with E-state index in [0.717, 1.165) is 16.8 Å². The van der Waals surface area contributed by atoms with Crippen LogP contribution in [0.4, 0.5) is 5.95 Å². The van der Waals surface area contributed by atoms with E-state index >= 15 is 0 Å². The Bertz CT molecular complexity index is 1530. The molecule has 2 heterocycles. The van der Waals surface area contributed by atoms with Gasteiger partial charge in [0.2, 0.25) is 21.9 Å². The van der Waals surface area contributed by atoms with E-state index in [9.17, 15) is 8.42 Å². The summed E-state index contributed by atoms with van der Waals surface area (Å²) in [5.74, 6) is 1.51. The quantitative estimate of drug-likeness (QED) is 0.306. The lowest BCUT2D eigenvalue weighted by Crippen LogP contribution is -2.37. The highest BCUT2D eigenvalue weighted by atomic mass is 35.5. The molecule has 1 aliphatic heterocycles. The maximum Gasteiger partial charge on any atom is 0.243 e. The maximum atomic E-state index is 13.4. The van der Waals surface area contributed by atoms with E-state index in [1.165, 1.54) is 10.4 Å². The molecule has 0 aliphatic carbocycles. The van der Waals surface area contributed by atoms with Crippen LogP contribution in [-0.4, -0.2) is 36.3 Å². The van der Waals surface area contributed by atoms with Gasteiger partial charge in [-0.05, 0) is 48.4 Å². The smallest absolute Gasteiger partial charge is 0.243 e. The van der Waals surface area contributed by atoms with Crippen LogP contribution in [0.2, 0.25) is 5.02 Å². The molecule has 37 heavy (non-hydrogen) atoms. The minimum absolute atomic E-state index is 0.105. The van der Waals surface area contributed by atoms with Crippen LogP contribution in [-0.2, 0) is 29.5 Å². The summed E-state index contributed by atoms with van der Waals surface area (Å²) in [6, 6.07) is 24.1. The Balaban J connectivity index is 1.51. The molecule has 1 aliphatic rings. The fourth-order valence-electron chi connectivity index (χ4n) is 4.30. The number of halogens is 1. The van der Waals surface area contributed by atoms with Crippen LogP contribution in [0.3, 0.4) is 0 Å². The van der Waals surface area contributed by atoms with E-state index in [1.807, 2.05) is 61.3 Å². The number of rotatable bonds is 7. The van der Waals surface area contributed by atoms with Crippen molar-refractivity contribution in [3.63, 3.8) is 0 Å². The minimum Gasteiger partial charge on any atom is -0.438 e. The van der Waals surface area contributed by atoms with Crippen LogP contribution < -0.4 is 9.64 Å². The maximum absolute atomic E-state index is 13.4. The molecular formula is C28H27ClN4O3S. The zero-order valence-corrected chi connectivity index (χ0v) is 22.2. The van der Waals surface area contributed by atoms with Gasteiger partial charge in [0.05, 0.1) is 16.2 Å². The van der Waals surface area contributed by atoms with Crippen molar-refractivity contribution in [2.24, 2.45) is 0 Å². The van der Waals surface area contributed by atoms with Gasteiger partial charge in [-0.2, -0.15) is 9.29 Å². The third-order valence-corrected chi connectivity index (χ3v) is 8.29. The average molecular weight is 535 g/mol. The number of nitrogens with zero attached hydrogens (tertiary/aromatic N) is 4. The standard InChI is InChI=1S/C28H27ClN4O3S/c1-20-8-6-12-23(16-20)36-27-25-19-33(37(34,35)24-13-7-11-22(29)17-24)15-14-26(25)30-28(31-27)32(2)18-21-9-4-3-5-10-21/h3-13,16-17H,14-15,18-19H2,1-2H3. The SMILES string of the molecule is Cc1cccc(Oc2nc(N(C)Cc3ccccc3)nc3c2CN(S(=O)(=O)c2cccc(Cl)c2)CC3)c1. The van der Waals surface area contributed by atoms with Crippen molar-refractivity contribution >= 4 is 27.6 Å². The molecule has 0 saturated carbocycles. The van der Waals surface area contributed by atoms with Crippen molar-refractivity contribution in [1.82, 2.24) is 14.3 Å². The molecule has 0 saturated heterocycles. The molecule has 4 aromatic rings. The molecule has 0 bridgehead atoms. The summed E-state index contributed by atoms with van der Waals surface area (Å²) in [5.41, 5.74) is 3.62. The topological polar surface area (TPSA) is 75.6 Å². The van der Waals surface area contributed by atoms with Gasteiger partial charge in [-0.15, -0.1) is 0 Å². The van der Waals surface area contributed by atoms with Gasteiger partial charge in [0.25, 0.3) is 0 Å². The number of ether oxygens (including phenoxy) is 1. The first-order valence-corrected chi connectivity index (χ1v) is 13.8. The van der Waals surface area contributed by atoms with Gasteiger partial charge in [-0.25, -0.2) is 13.4 Å².